The fourth-order valence-corrected chi connectivity index (χ4v) is 3.05. The average Bonchev–Trinajstić information content (AvgIpc) is 2.77. The van der Waals surface area contributed by atoms with Crippen LogP contribution in [-0.4, -0.2) is 17.9 Å². The summed E-state index contributed by atoms with van der Waals surface area (Å²) >= 11 is 6.24. The highest BCUT2D eigenvalue weighted by Gasteiger charge is 2.43. The summed E-state index contributed by atoms with van der Waals surface area (Å²) in [7, 11) is 0. The van der Waals surface area contributed by atoms with Crippen LogP contribution in [0.5, 0.6) is 5.75 Å². The highest BCUT2D eigenvalue weighted by Crippen LogP contribution is 2.37. The number of carbonyl (C=O) groups excluding carboxylic acids is 2. The first kappa shape index (κ1) is 14.1. The Kier molecular flexibility index (Phi) is 3.97. The predicted molar refractivity (Wildman–Crippen MR) is 76.8 cm³/mol. The molecule has 0 spiro atoms. The lowest BCUT2D eigenvalue weighted by Crippen LogP contribution is -2.31. The van der Waals surface area contributed by atoms with Crippen molar-refractivity contribution in [3.63, 3.8) is 0 Å². The molecule has 0 unspecified atom stereocenters. The molecule has 1 aliphatic heterocycles. The molecule has 21 heavy (non-hydrogen) atoms. The maximum atomic E-state index is 12.0. The summed E-state index contributed by atoms with van der Waals surface area (Å²) in [5, 5.41) is 0.198. The second kappa shape index (κ2) is 5.90. The summed E-state index contributed by atoms with van der Waals surface area (Å²) in [5.74, 6) is -0.332. The van der Waals surface area contributed by atoms with Gasteiger partial charge in [-0.15, -0.1) is 0 Å². The molecule has 0 saturated heterocycles. The highest BCUT2D eigenvalue weighted by atomic mass is 35.5. The van der Waals surface area contributed by atoms with E-state index < -0.39 is 12.1 Å². The van der Waals surface area contributed by atoms with Gasteiger partial charge in [-0.1, -0.05) is 36.2 Å². The Morgan fingerprint density at radius 1 is 1.14 bits per heavy atom. The molecule has 3 rings (SSSR count). The minimum absolute atomic E-state index is 0.00811. The second-order valence-electron chi connectivity index (χ2n) is 5.24. The zero-order chi connectivity index (χ0) is 14.8. The van der Waals surface area contributed by atoms with Gasteiger partial charge in [-0.05, 0) is 25.0 Å². The number of hydrogen-bond donors (Lipinski definition) is 0. The summed E-state index contributed by atoms with van der Waals surface area (Å²) < 4.78 is 10.8. The monoisotopic (exact) mass is 306 g/mol. The van der Waals surface area contributed by atoms with Crippen LogP contribution in [0.3, 0.4) is 0 Å². The Balaban J connectivity index is 1.82. The number of rotatable bonds is 3. The number of carbonyl (C=O) groups is 2. The van der Waals surface area contributed by atoms with Gasteiger partial charge in [0.1, 0.15) is 16.6 Å². The molecule has 1 aromatic rings. The molecule has 0 amide bonds. The van der Waals surface area contributed by atoms with Crippen molar-refractivity contribution >= 4 is 23.4 Å². The lowest BCUT2D eigenvalue weighted by molar-refractivity contribution is -0.146. The minimum atomic E-state index is -0.689. The first-order chi connectivity index (χ1) is 10.2. The fourth-order valence-electron chi connectivity index (χ4n) is 2.73. The van der Waals surface area contributed by atoms with Crippen molar-refractivity contribution in [2.75, 3.05) is 0 Å². The Morgan fingerprint density at radius 3 is 2.62 bits per heavy atom. The number of esters is 1. The molecule has 110 valence electrons. The number of Topliss-reactive ketones (excluding diaryl/α,β-unsaturated/α-hetero) is 1. The molecule has 1 aliphatic carbocycles. The number of ether oxygens (including phenoxy) is 2. The van der Waals surface area contributed by atoms with E-state index in [9.17, 15) is 9.59 Å². The third kappa shape index (κ3) is 2.81. The van der Waals surface area contributed by atoms with Gasteiger partial charge in [0.15, 0.2) is 6.10 Å². The van der Waals surface area contributed by atoms with E-state index >= 15 is 0 Å². The molecule has 1 aromatic carbocycles. The first-order valence-electron chi connectivity index (χ1n) is 7.03. The highest BCUT2D eigenvalue weighted by molar-refractivity contribution is 6.33. The van der Waals surface area contributed by atoms with Gasteiger partial charge in [0.2, 0.25) is 5.76 Å². The van der Waals surface area contributed by atoms with Gasteiger partial charge in [-0.3, -0.25) is 4.79 Å². The van der Waals surface area contributed by atoms with Crippen LogP contribution < -0.4 is 4.74 Å². The Hall–Kier alpha value is -1.81. The SMILES string of the molecule is O=C1O[C@@H]([C@@H]2CCCCC2=O)C(Cl)=C1Oc1ccccc1. The molecule has 0 N–H and O–H groups in total. The van der Waals surface area contributed by atoms with E-state index in [2.05, 4.69) is 0 Å². The lowest BCUT2D eigenvalue weighted by Gasteiger charge is -2.24. The molecule has 5 heteroatoms. The topological polar surface area (TPSA) is 52.6 Å². The molecular weight excluding hydrogens is 292 g/mol. The number of benzene rings is 1. The standard InChI is InChI=1S/C16H15ClO4/c17-13-14(11-8-4-5-9-12(11)18)21-16(19)15(13)20-10-6-2-1-3-7-10/h1-3,6-7,11,14H,4-5,8-9H2/t11-,14+/m1/s1. The largest absolute Gasteiger partial charge is 0.450 e. The molecule has 0 radical (unpaired) electrons. The lowest BCUT2D eigenvalue weighted by atomic mass is 9.84. The summed E-state index contributed by atoms with van der Waals surface area (Å²) in [4.78, 5) is 23.9. The summed E-state index contributed by atoms with van der Waals surface area (Å²) in [6, 6.07) is 8.89. The predicted octanol–water partition coefficient (Wildman–Crippen LogP) is 3.20. The van der Waals surface area contributed by atoms with Crippen LogP contribution in [0.2, 0.25) is 0 Å². The van der Waals surface area contributed by atoms with E-state index in [-0.39, 0.29) is 22.5 Å². The van der Waals surface area contributed by atoms with E-state index in [4.69, 9.17) is 21.1 Å². The molecule has 0 bridgehead atoms. The molecule has 1 saturated carbocycles. The first-order valence-corrected chi connectivity index (χ1v) is 7.41. The van der Waals surface area contributed by atoms with Crippen molar-refractivity contribution < 1.29 is 19.1 Å². The molecule has 2 atom stereocenters. The quantitative estimate of drug-likeness (QED) is 0.805. The van der Waals surface area contributed by atoms with Crippen LogP contribution in [0.15, 0.2) is 41.1 Å². The van der Waals surface area contributed by atoms with E-state index in [0.717, 1.165) is 12.8 Å². The van der Waals surface area contributed by atoms with E-state index in [0.29, 0.717) is 18.6 Å². The molecular formula is C16H15ClO4. The van der Waals surface area contributed by atoms with E-state index in [1.165, 1.54) is 0 Å². The molecule has 2 aliphatic rings. The molecule has 4 nitrogen and oxygen atoms in total. The van der Waals surface area contributed by atoms with Gasteiger partial charge >= 0.3 is 5.97 Å². The Morgan fingerprint density at radius 2 is 1.90 bits per heavy atom. The number of hydrogen-bond acceptors (Lipinski definition) is 4. The third-order valence-corrected chi connectivity index (χ3v) is 4.20. The maximum Gasteiger partial charge on any atom is 0.376 e. The summed E-state index contributed by atoms with van der Waals surface area (Å²) in [6.07, 6.45) is 2.38. The van der Waals surface area contributed by atoms with Crippen molar-refractivity contribution in [3.05, 3.63) is 41.1 Å². The van der Waals surface area contributed by atoms with Gasteiger partial charge in [-0.25, -0.2) is 4.79 Å². The van der Waals surface area contributed by atoms with Crippen molar-refractivity contribution in [3.8, 4) is 5.75 Å². The van der Waals surface area contributed by atoms with Gasteiger partial charge in [0.25, 0.3) is 0 Å². The van der Waals surface area contributed by atoms with Crippen LogP contribution in [0.4, 0.5) is 0 Å². The summed E-state index contributed by atoms with van der Waals surface area (Å²) in [6.45, 7) is 0. The Bertz CT molecular complexity index is 594. The van der Waals surface area contributed by atoms with Crippen molar-refractivity contribution in [1.29, 1.82) is 0 Å². The third-order valence-electron chi connectivity index (χ3n) is 3.82. The Labute approximate surface area is 127 Å². The summed E-state index contributed by atoms with van der Waals surface area (Å²) in [5.41, 5.74) is 0. The average molecular weight is 307 g/mol. The van der Waals surface area contributed by atoms with Crippen molar-refractivity contribution in [2.45, 2.75) is 31.8 Å². The molecule has 1 heterocycles. The number of cyclic esters (lactones) is 1. The van der Waals surface area contributed by atoms with E-state index in [1.807, 2.05) is 6.07 Å². The number of ketones is 1. The zero-order valence-electron chi connectivity index (χ0n) is 11.4. The smallest absolute Gasteiger partial charge is 0.376 e. The van der Waals surface area contributed by atoms with E-state index in [1.54, 1.807) is 24.3 Å². The van der Waals surface area contributed by atoms with Crippen LogP contribution in [0, 0.1) is 5.92 Å². The van der Waals surface area contributed by atoms with Gasteiger partial charge < -0.3 is 9.47 Å². The second-order valence-corrected chi connectivity index (χ2v) is 5.64. The van der Waals surface area contributed by atoms with Crippen LogP contribution >= 0.6 is 11.6 Å². The van der Waals surface area contributed by atoms with Crippen molar-refractivity contribution in [1.82, 2.24) is 0 Å². The van der Waals surface area contributed by atoms with Gasteiger partial charge in [0.05, 0.1) is 5.92 Å². The fraction of sp³-hybridized carbons (Fsp3) is 0.375. The van der Waals surface area contributed by atoms with Crippen LogP contribution in [-0.2, 0) is 14.3 Å². The zero-order valence-corrected chi connectivity index (χ0v) is 12.1. The molecule has 0 aromatic heterocycles. The number of para-hydroxylation sites is 1. The van der Waals surface area contributed by atoms with Crippen LogP contribution in [0.1, 0.15) is 25.7 Å². The minimum Gasteiger partial charge on any atom is -0.450 e. The van der Waals surface area contributed by atoms with Crippen LogP contribution in [0.25, 0.3) is 0 Å². The van der Waals surface area contributed by atoms with Gasteiger partial charge in [-0.2, -0.15) is 0 Å². The van der Waals surface area contributed by atoms with Crippen molar-refractivity contribution in [2.24, 2.45) is 5.92 Å². The van der Waals surface area contributed by atoms with Gasteiger partial charge in [0, 0.05) is 6.42 Å². The number of halogens is 1. The molecule has 1 fully saturated rings. The normalized spacial score (nSPS) is 26.0. The maximum absolute atomic E-state index is 12.0.